The number of hydrogen-bond donors (Lipinski definition) is 2. The number of benzene rings is 2. The molecule has 11 heteroatoms. The summed E-state index contributed by atoms with van der Waals surface area (Å²) in [4.78, 5) is 16.4. The van der Waals surface area contributed by atoms with Gasteiger partial charge in [-0.1, -0.05) is 17.7 Å². The molecule has 3 N–H and O–H groups in total. The number of nitrogens with two attached hydrogens (primary N) is 1. The molecule has 3 rings (SSSR count). The van der Waals surface area contributed by atoms with E-state index < -0.39 is 35.7 Å². The van der Waals surface area contributed by atoms with Crippen molar-refractivity contribution < 1.29 is 26.7 Å². The van der Waals surface area contributed by atoms with Crippen LogP contribution in [0.25, 0.3) is 0 Å². The van der Waals surface area contributed by atoms with E-state index in [-0.39, 0.29) is 24.7 Å². The predicted octanol–water partition coefficient (Wildman–Crippen LogP) is 4.79. The summed E-state index contributed by atoms with van der Waals surface area (Å²) in [6.45, 7) is 2.73. The highest BCUT2D eigenvalue weighted by atomic mass is 35.5. The molecule has 1 aliphatic heterocycles. The van der Waals surface area contributed by atoms with Crippen LogP contribution < -0.4 is 16.0 Å². The van der Waals surface area contributed by atoms with Gasteiger partial charge in [0.1, 0.15) is 0 Å². The molecule has 0 aromatic heterocycles. The number of halogens is 6. The van der Waals surface area contributed by atoms with Crippen LogP contribution in [0.1, 0.15) is 29.3 Å². The lowest BCUT2D eigenvalue weighted by Crippen LogP contribution is -2.52. The first kappa shape index (κ1) is 25.2. The molecular weight excluding hydrogens is 467 g/mol. The minimum atomic E-state index is -4.22. The molecule has 0 aliphatic carbocycles. The second kappa shape index (κ2) is 10.2. The van der Waals surface area contributed by atoms with Crippen LogP contribution in [0, 0.1) is 11.6 Å². The highest BCUT2D eigenvalue weighted by Crippen LogP contribution is 2.33. The lowest BCUT2D eigenvalue weighted by molar-refractivity contribution is -0.138. The maximum Gasteiger partial charge on any atom is 0.390 e. The number of nitrogens with zero attached hydrogens (tertiary/aromatic N) is 2. The van der Waals surface area contributed by atoms with Crippen LogP contribution in [0.4, 0.5) is 33.3 Å². The Balaban J connectivity index is 1.79. The van der Waals surface area contributed by atoms with Crippen molar-refractivity contribution in [1.29, 1.82) is 0 Å². The third kappa shape index (κ3) is 6.13. The number of amides is 1. The van der Waals surface area contributed by atoms with Crippen molar-refractivity contribution in [2.75, 3.05) is 36.4 Å². The number of nitrogens with one attached hydrogen (secondary N) is 1. The molecule has 1 amide bonds. The maximum atomic E-state index is 14.4. The van der Waals surface area contributed by atoms with Gasteiger partial charge in [-0.25, -0.2) is 8.78 Å². The van der Waals surface area contributed by atoms with Gasteiger partial charge >= 0.3 is 6.18 Å². The van der Waals surface area contributed by atoms with E-state index in [0.717, 1.165) is 6.07 Å². The summed E-state index contributed by atoms with van der Waals surface area (Å²) in [7, 11) is 0. The Hall–Kier alpha value is -2.43. The molecule has 0 spiro atoms. The largest absolute Gasteiger partial charge is 0.390 e. The Labute approximate surface area is 193 Å². The van der Waals surface area contributed by atoms with Crippen LogP contribution in [0.3, 0.4) is 0 Å². The molecule has 1 aliphatic rings. The van der Waals surface area contributed by atoms with E-state index >= 15 is 0 Å². The van der Waals surface area contributed by atoms with Crippen LogP contribution in [0.5, 0.6) is 0 Å². The molecule has 0 radical (unpaired) electrons. The average molecular weight is 491 g/mol. The minimum Gasteiger partial charge on any atom is -0.365 e. The monoisotopic (exact) mass is 490 g/mol. The first-order chi connectivity index (χ1) is 15.5. The number of carbonyl (C=O) groups is 1. The average Bonchev–Trinajstić information content (AvgIpc) is 2.75. The lowest BCUT2D eigenvalue weighted by Gasteiger charge is -2.42. The summed E-state index contributed by atoms with van der Waals surface area (Å²) in [5.74, 6) is -3.32. The van der Waals surface area contributed by atoms with Gasteiger partial charge < -0.3 is 16.0 Å². The number of anilines is 2. The third-order valence-electron chi connectivity index (χ3n) is 5.57. The number of alkyl halides is 3. The zero-order chi connectivity index (χ0) is 24.3. The van der Waals surface area contributed by atoms with Crippen molar-refractivity contribution in [3.05, 3.63) is 58.1 Å². The molecule has 1 fully saturated rings. The molecular formula is C22H24ClF5N4O. The normalized spacial score (nSPS) is 17.3. The van der Waals surface area contributed by atoms with Crippen molar-refractivity contribution >= 4 is 28.9 Å². The van der Waals surface area contributed by atoms with E-state index in [1.807, 2.05) is 11.8 Å². The van der Waals surface area contributed by atoms with Crippen molar-refractivity contribution in [3.8, 4) is 0 Å². The fraction of sp³-hybridized carbons (Fsp3) is 0.409. The number of rotatable bonds is 6. The smallest absolute Gasteiger partial charge is 0.365 e. The Kier molecular flexibility index (Phi) is 7.81. The lowest BCUT2D eigenvalue weighted by atomic mass is 10.1. The first-order valence-corrected chi connectivity index (χ1v) is 10.7. The van der Waals surface area contributed by atoms with Gasteiger partial charge in [-0.2, -0.15) is 13.2 Å². The molecule has 2 aromatic carbocycles. The van der Waals surface area contributed by atoms with Gasteiger partial charge in [0.2, 0.25) is 0 Å². The number of hydrogen-bond acceptors (Lipinski definition) is 4. The molecule has 0 bridgehead atoms. The number of piperazine rings is 1. The Bertz CT molecular complexity index is 1020. The second-order valence-electron chi connectivity index (χ2n) is 7.93. The van der Waals surface area contributed by atoms with Gasteiger partial charge in [0.25, 0.3) is 5.91 Å². The quantitative estimate of drug-likeness (QED) is 0.571. The van der Waals surface area contributed by atoms with Crippen molar-refractivity contribution in [3.63, 3.8) is 0 Å². The maximum absolute atomic E-state index is 14.4. The summed E-state index contributed by atoms with van der Waals surface area (Å²) >= 11 is 6.15. The van der Waals surface area contributed by atoms with Crippen LogP contribution >= 0.6 is 11.6 Å². The summed E-state index contributed by atoms with van der Waals surface area (Å²) < 4.78 is 66.1. The fourth-order valence-corrected chi connectivity index (χ4v) is 4.01. The van der Waals surface area contributed by atoms with Gasteiger partial charge in [-0.3, -0.25) is 9.69 Å². The molecule has 1 heterocycles. The standard InChI is InChI=1S/C22H24ClF5N4O/c1-13-12-31(7-6-22(26,27)28)8-9-32(13)18-10-15(23)3-5-17(18)30-21(33)16-4-2-14(11-29)19(24)20(16)25/h2-5,10,13H,6-9,11-12,29H2,1H3,(H,30,33)/t13-/m1/s1. The molecule has 180 valence electrons. The second-order valence-corrected chi connectivity index (χ2v) is 8.36. The van der Waals surface area contributed by atoms with Crippen molar-refractivity contribution in [1.82, 2.24) is 4.90 Å². The molecule has 0 unspecified atom stereocenters. The van der Waals surface area contributed by atoms with Gasteiger partial charge in [-0.05, 0) is 31.2 Å². The topological polar surface area (TPSA) is 61.6 Å². The van der Waals surface area contributed by atoms with Crippen LogP contribution in [-0.4, -0.2) is 49.2 Å². The summed E-state index contributed by atoms with van der Waals surface area (Å²) in [5.41, 5.74) is 5.70. The van der Waals surface area contributed by atoms with E-state index in [4.69, 9.17) is 17.3 Å². The molecule has 0 saturated carbocycles. The Morgan fingerprint density at radius 1 is 1.18 bits per heavy atom. The summed E-state index contributed by atoms with van der Waals surface area (Å²) in [5, 5.41) is 2.98. The molecule has 1 saturated heterocycles. The SMILES string of the molecule is C[C@@H]1CN(CCC(F)(F)F)CCN1c1cc(Cl)ccc1NC(=O)c1ccc(CN)c(F)c1F. The van der Waals surface area contributed by atoms with Crippen molar-refractivity contribution in [2.24, 2.45) is 5.73 Å². The zero-order valence-corrected chi connectivity index (χ0v) is 18.6. The summed E-state index contributed by atoms with van der Waals surface area (Å²) in [6.07, 6.45) is -5.11. The molecule has 33 heavy (non-hydrogen) atoms. The van der Waals surface area contributed by atoms with Gasteiger partial charge in [-0.15, -0.1) is 0 Å². The summed E-state index contributed by atoms with van der Waals surface area (Å²) in [6, 6.07) is 6.93. The van der Waals surface area contributed by atoms with Gasteiger partial charge in [0.15, 0.2) is 11.6 Å². The Morgan fingerprint density at radius 2 is 1.91 bits per heavy atom. The first-order valence-electron chi connectivity index (χ1n) is 10.3. The minimum absolute atomic E-state index is 0.0477. The van der Waals surface area contributed by atoms with Crippen molar-refractivity contribution in [2.45, 2.75) is 32.1 Å². The van der Waals surface area contributed by atoms with E-state index in [1.54, 1.807) is 23.1 Å². The van der Waals surface area contributed by atoms with Crippen LogP contribution in [0.15, 0.2) is 30.3 Å². The highest BCUT2D eigenvalue weighted by Gasteiger charge is 2.31. The Morgan fingerprint density at radius 3 is 2.55 bits per heavy atom. The molecule has 2 aromatic rings. The molecule has 1 atom stereocenters. The highest BCUT2D eigenvalue weighted by molar-refractivity contribution is 6.31. The van der Waals surface area contributed by atoms with E-state index in [0.29, 0.717) is 36.0 Å². The fourth-order valence-electron chi connectivity index (χ4n) is 3.84. The predicted molar refractivity (Wildman–Crippen MR) is 118 cm³/mol. The number of carbonyl (C=O) groups excluding carboxylic acids is 1. The zero-order valence-electron chi connectivity index (χ0n) is 17.9. The van der Waals surface area contributed by atoms with Crippen LogP contribution in [-0.2, 0) is 6.54 Å². The van der Waals surface area contributed by atoms with E-state index in [1.165, 1.54) is 6.07 Å². The molecule has 5 nitrogen and oxygen atoms in total. The van der Waals surface area contributed by atoms with E-state index in [2.05, 4.69) is 5.32 Å². The van der Waals surface area contributed by atoms with Crippen LogP contribution in [0.2, 0.25) is 5.02 Å². The van der Waals surface area contributed by atoms with Gasteiger partial charge in [0, 0.05) is 49.4 Å². The third-order valence-corrected chi connectivity index (χ3v) is 5.80. The van der Waals surface area contributed by atoms with E-state index in [9.17, 15) is 26.7 Å². The van der Waals surface area contributed by atoms with Gasteiger partial charge in [0.05, 0.1) is 23.4 Å².